The van der Waals surface area contributed by atoms with Crippen LogP contribution in [0.4, 0.5) is 0 Å². The van der Waals surface area contributed by atoms with Gasteiger partial charge in [0.1, 0.15) is 0 Å². The van der Waals surface area contributed by atoms with Gasteiger partial charge in [-0.1, -0.05) is 12.1 Å². The maximum atomic E-state index is 12.7. The van der Waals surface area contributed by atoms with Gasteiger partial charge in [-0.15, -0.1) is 0 Å². The fourth-order valence-corrected chi connectivity index (χ4v) is 3.53. The summed E-state index contributed by atoms with van der Waals surface area (Å²) in [5.41, 5.74) is 0.632. The Morgan fingerprint density at radius 3 is 2.55 bits per heavy atom. The normalized spacial score (nSPS) is 16.9. The fraction of sp³-hybridized carbons (Fsp3) is 0.333. The van der Waals surface area contributed by atoms with E-state index in [9.17, 15) is 13.2 Å². The molecule has 6 nitrogen and oxygen atoms in total. The van der Waals surface area contributed by atoms with Gasteiger partial charge in [-0.25, -0.2) is 8.42 Å². The number of hydrogen-bond donors (Lipinski definition) is 0. The molecule has 1 aromatic carbocycles. The number of nitrogens with zero attached hydrogens (tertiary/aromatic N) is 3. The lowest BCUT2D eigenvalue weighted by atomic mass is 10.1. The zero-order valence-corrected chi connectivity index (χ0v) is 13.1. The summed E-state index contributed by atoms with van der Waals surface area (Å²) in [7, 11) is -3.19. The number of hydrogen-bond acceptors (Lipinski definition) is 4. The first kappa shape index (κ1) is 14.9. The molecular weight excluding hydrogens is 302 g/mol. The van der Waals surface area contributed by atoms with E-state index in [1.165, 1.54) is 10.6 Å². The molecule has 0 spiro atoms. The molecule has 1 aliphatic rings. The third kappa shape index (κ3) is 2.82. The van der Waals surface area contributed by atoms with Gasteiger partial charge < -0.3 is 4.90 Å². The van der Waals surface area contributed by atoms with Crippen molar-refractivity contribution in [2.24, 2.45) is 0 Å². The molecule has 0 aliphatic carbocycles. The summed E-state index contributed by atoms with van der Waals surface area (Å²) in [4.78, 5) is 18.5. The number of amides is 1. The van der Waals surface area contributed by atoms with Crippen molar-refractivity contribution in [3.05, 3.63) is 42.2 Å². The number of carbonyl (C=O) groups is 1. The molecule has 2 heterocycles. The van der Waals surface area contributed by atoms with Crippen LogP contribution in [-0.2, 0) is 10.0 Å². The standard InChI is InChI=1S/C15H17N3O3S/c1-22(20,21)18-9-7-17(8-10-18)15(19)14-4-2-3-12-11-16-6-5-13(12)14/h2-6,11H,7-10H2,1H3. The molecule has 1 aromatic heterocycles. The topological polar surface area (TPSA) is 70.6 Å². The number of fused-ring (bicyclic) bond motifs is 1. The molecule has 116 valence electrons. The molecule has 0 saturated carbocycles. The second-order valence-corrected chi connectivity index (χ2v) is 7.34. The van der Waals surface area contributed by atoms with Crippen molar-refractivity contribution in [3.8, 4) is 0 Å². The Morgan fingerprint density at radius 2 is 1.86 bits per heavy atom. The van der Waals surface area contributed by atoms with Crippen molar-refractivity contribution in [2.75, 3.05) is 32.4 Å². The molecule has 22 heavy (non-hydrogen) atoms. The number of benzene rings is 1. The maximum Gasteiger partial charge on any atom is 0.254 e. The minimum Gasteiger partial charge on any atom is -0.336 e. The van der Waals surface area contributed by atoms with Gasteiger partial charge in [-0.3, -0.25) is 9.78 Å². The molecule has 1 aliphatic heterocycles. The van der Waals surface area contributed by atoms with Gasteiger partial charge in [0.05, 0.1) is 6.26 Å². The van der Waals surface area contributed by atoms with Gasteiger partial charge in [0.2, 0.25) is 10.0 Å². The Kier molecular flexibility index (Phi) is 3.84. The summed E-state index contributed by atoms with van der Waals surface area (Å²) < 4.78 is 24.5. The van der Waals surface area contributed by atoms with Crippen molar-refractivity contribution >= 4 is 26.7 Å². The van der Waals surface area contributed by atoms with E-state index >= 15 is 0 Å². The highest BCUT2D eigenvalue weighted by Crippen LogP contribution is 2.20. The van der Waals surface area contributed by atoms with Gasteiger partial charge >= 0.3 is 0 Å². The first-order chi connectivity index (χ1) is 10.5. The van der Waals surface area contributed by atoms with Crippen LogP contribution >= 0.6 is 0 Å². The van der Waals surface area contributed by atoms with Gasteiger partial charge in [-0.05, 0) is 17.5 Å². The predicted octanol–water partition coefficient (Wildman–Crippen LogP) is 0.952. The number of piperazine rings is 1. The lowest BCUT2D eigenvalue weighted by Gasteiger charge is -2.33. The van der Waals surface area contributed by atoms with E-state index in [-0.39, 0.29) is 5.91 Å². The molecule has 0 N–H and O–H groups in total. The molecular formula is C15H17N3O3S. The summed E-state index contributed by atoms with van der Waals surface area (Å²) >= 11 is 0. The second-order valence-electron chi connectivity index (χ2n) is 5.36. The van der Waals surface area contributed by atoms with Crippen LogP contribution in [-0.4, -0.2) is 60.9 Å². The van der Waals surface area contributed by atoms with Gasteiger partial charge in [0, 0.05) is 49.5 Å². The van der Waals surface area contributed by atoms with Crippen molar-refractivity contribution in [2.45, 2.75) is 0 Å². The van der Waals surface area contributed by atoms with Crippen LogP contribution in [0, 0.1) is 0 Å². The summed E-state index contributed by atoms with van der Waals surface area (Å²) in [5, 5.41) is 1.79. The zero-order chi connectivity index (χ0) is 15.7. The van der Waals surface area contributed by atoms with E-state index in [0.29, 0.717) is 31.7 Å². The van der Waals surface area contributed by atoms with Crippen LogP contribution in [0.15, 0.2) is 36.7 Å². The molecule has 0 unspecified atom stereocenters. The Balaban J connectivity index is 1.83. The maximum absolute atomic E-state index is 12.7. The molecule has 7 heteroatoms. The zero-order valence-electron chi connectivity index (χ0n) is 12.3. The molecule has 1 saturated heterocycles. The SMILES string of the molecule is CS(=O)(=O)N1CCN(C(=O)c2cccc3cnccc23)CC1. The Morgan fingerprint density at radius 1 is 1.14 bits per heavy atom. The molecule has 0 radical (unpaired) electrons. The third-order valence-corrected chi connectivity index (χ3v) is 5.21. The highest BCUT2D eigenvalue weighted by atomic mass is 32.2. The quantitative estimate of drug-likeness (QED) is 0.826. The van der Waals surface area contributed by atoms with Crippen LogP contribution in [0.1, 0.15) is 10.4 Å². The van der Waals surface area contributed by atoms with Crippen molar-refractivity contribution < 1.29 is 13.2 Å². The third-order valence-electron chi connectivity index (χ3n) is 3.91. The van der Waals surface area contributed by atoms with Crippen LogP contribution in [0.25, 0.3) is 10.8 Å². The molecule has 2 aromatic rings. The van der Waals surface area contributed by atoms with E-state index in [1.807, 2.05) is 18.2 Å². The lowest BCUT2D eigenvalue weighted by Crippen LogP contribution is -2.50. The molecule has 1 fully saturated rings. The largest absolute Gasteiger partial charge is 0.336 e. The van der Waals surface area contributed by atoms with Crippen molar-refractivity contribution in [1.82, 2.24) is 14.2 Å². The Bertz CT molecular complexity index is 806. The number of sulfonamides is 1. The van der Waals surface area contributed by atoms with Gasteiger partial charge in [0.25, 0.3) is 5.91 Å². The minimum atomic E-state index is -3.19. The van der Waals surface area contributed by atoms with E-state index in [0.717, 1.165) is 10.8 Å². The average molecular weight is 319 g/mol. The van der Waals surface area contributed by atoms with Crippen LogP contribution in [0.5, 0.6) is 0 Å². The fourth-order valence-electron chi connectivity index (χ4n) is 2.70. The number of aromatic nitrogens is 1. The molecule has 0 atom stereocenters. The predicted molar refractivity (Wildman–Crippen MR) is 84.1 cm³/mol. The number of rotatable bonds is 2. The number of pyridine rings is 1. The number of carbonyl (C=O) groups excluding carboxylic acids is 1. The molecule has 1 amide bonds. The molecule has 3 rings (SSSR count). The Labute approximate surface area is 129 Å². The van der Waals surface area contributed by atoms with E-state index in [1.54, 1.807) is 23.4 Å². The van der Waals surface area contributed by atoms with Gasteiger partial charge in [-0.2, -0.15) is 4.31 Å². The Hall–Kier alpha value is -1.99. The van der Waals surface area contributed by atoms with E-state index in [2.05, 4.69) is 4.98 Å². The monoisotopic (exact) mass is 319 g/mol. The van der Waals surface area contributed by atoms with Crippen molar-refractivity contribution in [3.63, 3.8) is 0 Å². The summed E-state index contributed by atoms with van der Waals surface area (Å²) in [6.45, 7) is 1.51. The van der Waals surface area contributed by atoms with Crippen LogP contribution in [0.3, 0.4) is 0 Å². The minimum absolute atomic E-state index is 0.0649. The van der Waals surface area contributed by atoms with Crippen LogP contribution < -0.4 is 0 Å². The lowest BCUT2D eigenvalue weighted by molar-refractivity contribution is 0.0700. The first-order valence-electron chi connectivity index (χ1n) is 7.04. The van der Waals surface area contributed by atoms with E-state index < -0.39 is 10.0 Å². The summed E-state index contributed by atoms with van der Waals surface area (Å²) in [6.07, 6.45) is 4.59. The van der Waals surface area contributed by atoms with Crippen LogP contribution in [0.2, 0.25) is 0 Å². The highest BCUT2D eigenvalue weighted by Gasteiger charge is 2.27. The van der Waals surface area contributed by atoms with E-state index in [4.69, 9.17) is 0 Å². The average Bonchev–Trinajstić information content (AvgIpc) is 2.53. The van der Waals surface area contributed by atoms with Gasteiger partial charge in [0.15, 0.2) is 0 Å². The highest BCUT2D eigenvalue weighted by molar-refractivity contribution is 7.88. The first-order valence-corrected chi connectivity index (χ1v) is 8.89. The summed E-state index contributed by atoms with van der Waals surface area (Å²) in [6, 6.07) is 7.38. The molecule has 0 bridgehead atoms. The smallest absolute Gasteiger partial charge is 0.254 e. The second kappa shape index (κ2) is 5.66. The van der Waals surface area contributed by atoms with Crippen molar-refractivity contribution in [1.29, 1.82) is 0 Å². The summed E-state index contributed by atoms with van der Waals surface area (Å²) in [5.74, 6) is -0.0649.